The molecule has 0 saturated carbocycles. The van der Waals surface area contributed by atoms with Gasteiger partial charge in [0.1, 0.15) is 11.5 Å². The molecular formula is C20H18F3N3O3. The number of aryl methyl sites for hydroxylation is 1. The minimum absolute atomic E-state index is 0.00601. The third-order valence-corrected chi connectivity index (χ3v) is 4.56. The number of alkyl halides is 3. The maximum Gasteiger partial charge on any atom is 0.433 e. The molecule has 3 aromatic rings. The Labute approximate surface area is 163 Å². The van der Waals surface area contributed by atoms with Crippen LogP contribution < -0.4 is 5.56 Å². The summed E-state index contributed by atoms with van der Waals surface area (Å²) in [6, 6.07) is 7.62. The van der Waals surface area contributed by atoms with E-state index in [-0.39, 0.29) is 28.8 Å². The second-order valence-electron chi connectivity index (χ2n) is 6.74. The molecule has 0 amide bonds. The van der Waals surface area contributed by atoms with Crippen LogP contribution in [-0.4, -0.2) is 28.0 Å². The van der Waals surface area contributed by atoms with Crippen molar-refractivity contribution < 1.29 is 22.7 Å². The molecule has 0 saturated heterocycles. The molecule has 0 aliphatic rings. The zero-order valence-corrected chi connectivity index (χ0v) is 15.9. The molecule has 0 fully saturated rings. The largest absolute Gasteiger partial charge is 0.465 e. The number of rotatable bonds is 4. The Morgan fingerprint density at radius 2 is 1.86 bits per heavy atom. The molecule has 0 aliphatic carbocycles. The molecule has 2 aromatic heterocycles. The van der Waals surface area contributed by atoms with Crippen molar-refractivity contribution in [3.05, 3.63) is 68.9 Å². The molecular weight excluding hydrogens is 387 g/mol. The van der Waals surface area contributed by atoms with Gasteiger partial charge in [0.05, 0.1) is 18.1 Å². The molecule has 0 unspecified atom stereocenters. The average molecular weight is 405 g/mol. The number of esters is 1. The van der Waals surface area contributed by atoms with Gasteiger partial charge in [0.25, 0.3) is 5.56 Å². The molecule has 0 aliphatic heterocycles. The lowest BCUT2D eigenvalue weighted by Crippen LogP contribution is -2.18. The van der Waals surface area contributed by atoms with E-state index in [2.05, 4.69) is 19.7 Å². The van der Waals surface area contributed by atoms with Crippen LogP contribution in [0.25, 0.3) is 11.0 Å². The standard InChI is InChI=1S/C20H18F3N3O3/c1-10(8-12-4-6-13(7-5-12)19(28)29-3)14-9-15-17(24-11(2)25-18(15)27)26-16(14)20(21,22)23/h4-7,9-10H,8H2,1-3H3,(H,24,25,26,27)/t10-/m0/s1. The minimum atomic E-state index is -4.69. The SMILES string of the molecule is COC(=O)c1ccc(C[C@H](C)c2cc3c(=O)[nH]c(C)nc3nc2C(F)(F)F)cc1. The Hall–Kier alpha value is -3.23. The highest BCUT2D eigenvalue weighted by atomic mass is 19.4. The molecule has 0 spiro atoms. The quantitative estimate of drug-likeness (QED) is 0.668. The first kappa shape index (κ1) is 20.5. The average Bonchev–Trinajstić information content (AvgIpc) is 2.66. The Morgan fingerprint density at radius 3 is 2.45 bits per heavy atom. The molecule has 29 heavy (non-hydrogen) atoms. The summed E-state index contributed by atoms with van der Waals surface area (Å²) in [7, 11) is 1.27. The summed E-state index contributed by atoms with van der Waals surface area (Å²) in [5.74, 6) is -0.896. The number of nitrogens with zero attached hydrogens (tertiary/aromatic N) is 2. The number of carbonyl (C=O) groups is 1. The number of nitrogens with one attached hydrogen (secondary N) is 1. The molecule has 6 nitrogen and oxygen atoms in total. The number of hydrogen-bond donors (Lipinski definition) is 1. The van der Waals surface area contributed by atoms with Crippen molar-refractivity contribution >= 4 is 17.0 Å². The van der Waals surface area contributed by atoms with Crippen molar-refractivity contribution in [2.75, 3.05) is 7.11 Å². The van der Waals surface area contributed by atoms with Gasteiger partial charge in [-0.15, -0.1) is 0 Å². The van der Waals surface area contributed by atoms with Crippen molar-refractivity contribution in [1.29, 1.82) is 0 Å². The zero-order chi connectivity index (χ0) is 21.3. The second-order valence-corrected chi connectivity index (χ2v) is 6.74. The number of H-pyrrole nitrogens is 1. The lowest BCUT2D eigenvalue weighted by molar-refractivity contribution is -0.141. The second kappa shape index (κ2) is 7.65. The fourth-order valence-corrected chi connectivity index (χ4v) is 3.15. The molecule has 0 radical (unpaired) electrons. The van der Waals surface area contributed by atoms with Gasteiger partial charge in [-0.05, 0) is 48.6 Å². The molecule has 1 N–H and O–H groups in total. The molecule has 9 heteroatoms. The van der Waals surface area contributed by atoms with Crippen molar-refractivity contribution in [3.8, 4) is 0 Å². The lowest BCUT2D eigenvalue weighted by atomic mass is 9.91. The van der Waals surface area contributed by atoms with E-state index in [1.807, 2.05) is 0 Å². The first-order chi connectivity index (χ1) is 13.6. The van der Waals surface area contributed by atoms with E-state index in [1.54, 1.807) is 31.2 Å². The molecule has 3 rings (SSSR count). The Balaban J connectivity index is 2.03. The third-order valence-electron chi connectivity index (χ3n) is 4.56. The summed E-state index contributed by atoms with van der Waals surface area (Å²) in [5, 5.41) is 0.00601. The van der Waals surface area contributed by atoms with Crippen LogP contribution in [0.4, 0.5) is 13.2 Å². The maximum absolute atomic E-state index is 13.6. The minimum Gasteiger partial charge on any atom is -0.465 e. The number of fused-ring (bicyclic) bond motifs is 1. The summed E-state index contributed by atoms with van der Waals surface area (Å²) in [6.45, 7) is 3.10. The molecule has 2 heterocycles. The van der Waals surface area contributed by atoms with Gasteiger partial charge in [-0.3, -0.25) is 4.79 Å². The number of benzene rings is 1. The van der Waals surface area contributed by atoms with Crippen molar-refractivity contribution in [1.82, 2.24) is 15.0 Å². The third kappa shape index (κ3) is 4.28. The summed E-state index contributed by atoms with van der Waals surface area (Å²) in [4.78, 5) is 33.7. The number of pyridine rings is 1. The number of carbonyl (C=O) groups excluding carboxylic acids is 1. The monoisotopic (exact) mass is 405 g/mol. The highest BCUT2D eigenvalue weighted by molar-refractivity contribution is 5.89. The van der Waals surface area contributed by atoms with Crippen molar-refractivity contribution in [2.45, 2.75) is 32.4 Å². The van der Waals surface area contributed by atoms with Gasteiger partial charge in [0.15, 0.2) is 5.65 Å². The van der Waals surface area contributed by atoms with Crippen molar-refractivity contribution in [2.24, 2.45) is 0 Å². The number of ether oxygens (including phenoxy) is 1. The summed E-state index contributed by atoms with van der Waals surface area (Å²) < 4.78 is 45.5. The topological polar surface area (TPSA) is 84.9 Å². The Bertz CT molecular complexity index is 1120. The van der Waals surface area contributed by atoms with Crippen LogP contribution in [0.5, 0.6) is 0 Å². The van der Waals surface area contributed by atoms with Gasteiger partial charge in [0, 0.05) is 0 Å². The summed E-state index contributed by atoms with van der Waals surface area (Å²) >= 11 is 0. The van der Waals surface area contributed by atoms with Crippen molar-refractivity contribution in [3.63, 3.8) is 0 Å². The Morgan fingerprint density at radius 1 is 1.21 bits per heavy atom. The number of aromatic nitrogens is 3. The van der Waals surface area contributed by atoms with Crippen LogP contribution in [0.15, 0.2) is 35.1 Å². The van der Waals surface area contributed by atoms with Gasteiger partial charge in [0.2, 0.25) is 0 Å². The van der Waals surface area contributed by atoms with Gasteiger partial charge in [-0.2, -0.15) is 13.2 Å². The molecule has 1 atom stereocenters. The van der Waals surface area contributed by atoms with E-state index in [0.29, 0.717) is 5.56 Å². The fraction of sp³-hybridized carbons (Fsp3) is 0.300. The predicted octanol–water partition coefficient (Wildman–Crippen LogP) is 3.78. The van der Waals surface area contributed by atoms with Crippen LogP contribution in [-0.2, 0) is 17.3 Å². The van der Waals surface area contributed by atoms with E-state index in [4.69, 9.17) is 0 Å². The van der Waals surface area contributed by atoms with E-state index < -0.39 is 29.3 Å². The maximum atomic E-state index is 13.6. The first-order valence-electron chi connectivity index (χ1n) is 8.76. The van der Waals surface area contributed by atoms with Crippen LogP contribution in [0.2, 0.25) is 0 Å². The number of methoxy groups -OCH3 is 1. The van der Waals surface area contributed by atoms with Gasteiger partial charge < -0.3 is 9.72 Å². The highest BCUT2D eigenvalue weighted by Gasteiger charge is 2.37. The van der Waals surface area contributed by atoms with Gasteiger partial charge in [-0.1, -0.05) is 19.1 Å². The van der Waals surface area contributed by atoms with Gasteiger partial charge >= 0.3 is 12.1 Å². The smallest absolute Gasteiger partial charge is 0.433 e. The fourth-order valence-electron chi connectivity index (χ4n) is 3.15. The van der Waals surface area contributed by atoms with Crippen LogP contribution >= 0.6 is 0 Å². The van der Waals surface area contributed by atoms with E-state index in [0.717, 1.165) is 5.56 Å². The summed E-state index contributed by atoms with van der Waals surface area (Å²) in [6.07, 6.45) is -4.43. The Kier molecular flexibility index (Phi) is 5.41. The van der Waals surface area contributed by atoms with Crippen LogP contribution in [0.3, 0.4) is 0 Å². The number of aromatic amines is 1. The molecule has 1 aromatic carbocycles. The number of hydrogen-bond acceptors (Lipinski definition) is 5. The normalized spacial score (nSPS) is 12.8. The van der Waals surface area contributed by atoms with E-state index in [1.165, 1.54) is 20.1 Å². The van der Waals surface area contributed by atoms with Gasteiger partial charge in [-0.25, -0.2) is 14.8 Å². The number of halogens is 3. The lowest BCUT2D eigenvalue weighted by Gasteiger charge is -2.18. The highest BCUT2D eigenvalue weighted by Crippen LogP contribution is 2.36. The van der Waals surface area contributed by atoms with E-state index in [9.17, 15) is 22.8 Å². The zero-order valence-electron chi connectivity index (χ0n) is 15.9. The first-order valence-corrected chi connectivity index (χ1v) is 8.76. The van der Waals surface area contributed by atoms with Crippen LogP contribution in [0, 0.1) is 6.92 Å². The van der Waals surface area contributed by atoms with Crippen LogP contribution in [0.1, 0.15) is 45.8 Å². The molecule has 152 valence electrons. The molecule has 0 bridgehead atoms. The summed E-state index contributed by atoms with van der Waals surface area (Å²) in [5.41, 5.74) is -0.838. The van der Waals surface area contributed by atoms with E-state index >= 15 is 0 Å². The predicted molar refractivity (Wildman–Crippen MR) is 99.8 cm³/mol.